The standard InChI is InChI=1S/C12H13ClO5/c1-6(14)10(13)7-3-4-9(18-2)8(5-7)11(15)12(16)17/h3-5,10-11,15H,1-2H3,(H,16,17). The molecule has 0 fully saturated rings. The molecule has 0 bridgehead atoms. The van der Waals surface area contributed by atoms with Gasteiger partial charge in [0.05, 0.1) is 7.11 Å². The van der Waals surface area contributed by atoms with Gasteiger partial charge in [0.1, 0.15) is 11.1 Å². The van der Waals surface area contributed by atoms with Crippen LogP contribution in [-0.4, -0.2) is 29.1 Å². The number of ketones is 1. The van der Waals surface area contributed by atoms with Gasteiger partial charge in [0.25, 0.3) is 0 Å². The third-order valence-electron chi connectivity index (χ3n) is 2.43. The number of aliphatic carboxylic acids is 1. The number of carboxylic acid groups (broad SMARTS) is 1. The average Bonchev–Trinajstić information content (AvgIpc) is 2.35. The molecule has 0 aliphatic rings. The van der Waals surface area contributed by atoms with E-state index in [1.54, 1.807) is 6.07 Å². The molecule has 98 valence electrons. The van der Waals surface area contributed by atoms with Crippen molar-refractivity contribution in [1.82, 2.24) is 0 Å². The van der Waals surface area contributed by atoms with E-state index in [9.17, 15) is 14.7 Å². The van der Waals surface area contributed by atoms with Crippen molar-refractivity contribution in [2.75, 3.05) is 7.11 Å². The van der Waals surface area contributed by atoms with Crippen LogP contribution < -0.4 is 4.74 Å². The summed E-state index contributed by atoms with van der Waals surface area (Å²) in [5.74, 6) is -1.45. The van der Waals surface area contributed by atoms with Crippen LogP contribution in [0.1, 0.15) is 29.5 Å². The summed E-state index contributed by atoms with van der Waals surface area (Å²) >= 11 is 5.87. The molecule has 2 atom stereocenters. The lowest BCUT2D eigenvalue weighted by atomic mass is 10.0. The molecule has 0 radical (unpaired) electrons. The summed E-state index contributed by atoms with van der Waals surface area (Å²) in [7, 11) is 1.36. The number of aliphatic hydroxyl groups is 1. The number of alkyl halides is 1. The molecule has 5 nitrogen and oxygen atoms in total. The molecule has 1 rings (SSSR count). The van der Waals surface area contributed by atoms with E-state index in [1.165, 1.54) is 26.2 Å². The zero-order valence-electron chi connectivity index (χ0n) is 9.88. The lowest BCUT2D eigenvalue weighted by molar-refractivity contribution is -0.147. The van der Waals surface area contributed by atoms with Crippen LogP contribution in [0, 0.1) is 0 Å². The Balaban J connectivity index is 3.25. The molecule has 0 saturated heterocycles. The number of aliphatic hydroxyl groups excluding tert-OH is 1. The molecule has 1 aromatic rings. The quantitative estimate of drug-likeness (QED) is 0.797. The van der Waals surface area contributed by atoms with Crippen LogP contribution in [0.5, 0.6) is 5.75 Å². The van der Waals surface area contributed by atoms with Crippen molar-refractivity contribution in [2.45, 2.75) is 18.4 Å². The van der Waals surface area contributed by atoms with Gasteiger partial charge in [-0.2, -0.15) is 0 Å². The Bertz CT molecular complexity index is 472. The van der Waals surface area contributed by atoms with E-state index in [4.69, 9.17) is 21.4 Å². The van der Waals surface area contributed by atoms with Gasteiger partial charge >= 0.3 is 5.97 Å². The second-order valence-electron chi connectivity index (χ2n) is 3.72. The van der Waals surface area contributed by atoms with E-state index >= 15 is 0 Å². The van der Waals surface area contributed by atoms with E-state index in [0.29, 0.717) is 5.56 Å². The fourth-order valence-corrected chi connectivity index (χ4v) is 1.63. The van der Waals surface area contributed by atoms with Gasteiger partial charge in [-0.05, 0) is 24.6 Å². The maximum atomic E-state index is 11.2. The number of carboxylic acids is 1. The Morgan fingerprint density at radius 3 is 2.44 bits per heavy atom. The molecule has 0 aromatic heterocycles. The average molecular weight is 273 g/mol. The summed E-state index contributed by atoms with van der Waals surface area (Å²) in [6, 6.07) is 4.38. The monoisotopic (exact) mass is 272 g/mol. The Labute approximate surface area is 109 Å². The first-order valence-corrected chi connectivity index (χ1v) is 5.55. The van der Waals surface area contributed by atoms with Gasteiger partial charge in [0, 0.05) is 5.56 Å². The topological polar surface area (TPSA) is 83.8 Å². The van der Waals surface area contributed by atoms with Gasteiger partial charge in [-0.3, -0.25) is 4.79 Å². The number of methoxy groups -OCH3 is 1. The number of benzene rings is 1. The van der Waals surface area contributed by atoms with Gasteiger partial charge in [-0.15, -0.1) is 11.6 Å². The highest BCUT2D eigenvalue weighted by atomic mass is 35.5. The first-order valence-electron chi connectivity index (χ1n) is 5.11. The highest BCUT2D eigenvalue weighted by Gasteiger charge is 2.23. The summed E-state index contributed by atoms with van der Waals surface area (Å²) in [6.07, 6.45) is -1.73. The Kier molecular flexibility index (Phi) is 4.69. The summed E-state index contributed by atoms with van der Waals surface area (Å²) in [6.45, 7) is 1.33. The first kappa shape index (κ1) is 14.5. The largest absolute Gasteiger partial charge is 0.496 e. The lowest BCUT2D eigenvalue weighted by Crippen LogP contribution is -2.13. The molecule has 1 aromatic carbocycles. The number of carbonyl (C=O) groups excluding carboxylic acids is 1. The number of rotatable bonds is 5. The van der Waals surface area contributed by atoms with E-state index < -0.39 is 17.5 Å². The number of halogens is 1. The van der Waals surface area contributed by atoms with E-state index in [1.807, 2.05) is 0 Å². The number of carbonyl (C=O) groups is 2. The highest BCUT2D eigenvalue weighted by molar-refractivity contribution is 6.30. The van der Waals surface area contributed by atoms with Crippen molar-refractivity contribution < 1.29 is 24.5 Å². The zero-order valence-corrected chi connectivity index (χ0v) is 10.6. The molecule has 0 heterocycles. The molecule has 0 saturated carbocycles. The molecule has 0 aliphatic carbocycles. The molecule has 6 heteroatoms. The maximum absolute atomic E-state index is 11.2. The number of ether oxygens (including phenoxy) is 1. The molecule has 0 spiro atoms. The SMILES string of the molecule is COc1ccc(C(Cl)C(C)=O)cc1C(O)C(=O)O. The molecule has 2 N–H and O–H groups in total. The van der Waals surface area contributed by atoms with Crippen molar-refractivity contribution in [2.24, 2.45) is 0 Å². The fourth-order valence-electron chi connectivity index (χ4n) is 1.49. The van der Waals surface area contributed by atoms with Gasteiger partial charge in [0.15, 0.2) is 11.9 Å². The molecular formula is C12H13ClO5. The zero-order chi connectivity index (χ0) is 13.9. The van der Waals surface area contributed by atoms with Crippen molar-refractivity contribution in [3.63, 3.8) is 0 Å². The minimum atomic E-state index is -1.73. The predicted molar refractivity (Wildman–Crippen MR) is 64.9 cm³/mol. The van der Waals surface area contributed by atoms with E-state index in [2.05, 4.69) is 0 Å². The van der Waals surface area contributed by atoms with Crippen LogP contribution in [0.15, 0.2) is 18.2 Å². The first-order chi connectivity index (χ1) is 8.38. The van der Waals surface area contributed by atoms with Crippen molar-refractivity contribution in [3.8, 4) is 5.75 Å². The van der Waals surface area contributed by atoms with Crippen molar-refractivity contribution >= 4 is 23.4 Å². The van der Waals surface area contributed by atoms with Crippen molar-refractivity contribution in [1.29, 1.82) is 0 Å². The second-order valence-corrected chi connectivity index (χ2v) is 4.15. The van der Waals surface area contributed by atoms with Crippen LogP contribution in [0.3, 0.4) is 0 Å². The normalized spacial score (nSPS) is 13.8. The minimum Gasteiger partial charge on any atom is -0.496 e. The molecule has 0 amide bonds. The number of Topliss-reactive ketones (excluding diaryl/α,β-unsaturated/α-hetero) is 1. The third-order valence-corrected chi connectivity index (χ3v) is 2.99. The van der Waals surface area contributed by atoms with Crippen LogP contribution in [0.2, 0.25) is 0 Å². The molecule has 2 unspecified atom stereocenters. The fraction of sp³-hybridized carbons (Fsp3) is 0.333. The van der Waals surface area contributed by atoms with Crippen LogP contribution in [0.4, 0.5) is 0 Å². The predicted octanol–water partition coefficient (Wildman–Crippen LogP) is 1.68. The van der Waals surface area contributed by atoms with E-state index in [0.717, 1.165) is 0 Å². The van der Waals surface area contributed by atoms with Crippen LogP contribution in [-0.2, 0) is 9.59 Å². The van der Waals surface area contributed by atoms with Crippen molar-refractivity contribution in [3.05, 3.63) is 29.3 Å². The summed E-state index contributed by atoms with van der Waals surface area (Å²) < 4.78 is 4.96. The third kappa shape index (κ3) is 3.00. The van der Waals surface area contributed by atoms with Crippen LogP contribution >= 0.6 is 11.6 Å². The molecule has 18 heavy (non-hydrogen) atoms. The van der Waals surface area contributed by atoms with Gasteiger partial charge in [-0.25, -0.2) is 4.79 Å². The van der Waals surface area contributed by atoms with Gasteiger partial charge < -0.3 is 14.9 Å². The Morgan fingerprint density at radius 2 is 2.00 bits per heavy atom. The highest BCUT2D eigenvalue weighted by Crippen LogP contribution is 2.31. The lowest BCUT2D eigenvalue weighted by Gasteiger charge is -2.14. The van der Waals surface area contributed by atoms with Gasteiger partial charge in [-0.1, -0.05) is 6.07 Å². The molecule has 0 aliphatic heterocycles. The smallest absolute Gasteiger partial charge is 0.337 e. The van der Waals surface area contributed by atoms with Crippen LogP contribution in [0.25, 0.3) is 0 Å². The number of hydrogen-bond donors (Lipinski definition) is 2. The summed E-state index contributed by atoms with van der Waals surface area (Å²) in [5, 5.41) is 17.5. The summed E-state index contributed by atoms with van der Waals surface area (Å²) in [5.41, 5.74) is 0.481. The van der Waals surface area contributed by atoms with Gasteiger partial charge in [0.2, 0.25) is 0 Å². The second kappa shape index (κ2) is 5.84. The summed E-state index contributed by atoms with van der Waals surface area (Å²) in [4.78, 5) is 21.9. The minimum absolute atomic E-state index is 0.0643. The van der Waals surface area contributed by atoms with E-state index in [-0.39, 0.29) is 17.1 Å². The molecular weight excluding hydrogens is 260 g/mol. The number of hydrogen-bond acceptors (Lipinski definition) is 4. The Hall–Kier alpha value is -1.59. The Morgan fingerprint density at radius 1 is 1.39 bits per heavy atom. The maximum Gasteiger partial charge on any atom is 0.337 e.